The van der Waals surface area contributed by atoms with Gasteiger partial charge in [0.1, 0.15) is 5.75 Å². The summed E-state index contributed by atoms with van der Waals surface area (Å²) in [6.07, 6.45) is 2.78. The minimum atomic E-state index is -0.113. The highest BCUT2D eigenvalue weighted by Gasteiger charge is 2.28. The van der Waals surface area contributed by atoms with Crippen molar-refractivity contribution >= 4 is 20.1 Å². The average molecular weight is 434 g/mol. The summed E-state index contributed by atoms with van der Waals surface area (Å²) in [5, 5.41) is 1.24. The Bertz CT molecular complexity index is 1030. The van der Waals surface area contributed by atoms with Crippen molar-refractivity contribution in [3.8, 4) is 5.75 Å². The summed E-state index contributed by atoms with van der Waals surface area (Å²) in [5.74, 6) is 0.935. The van der Waals surface area contributed by atoms with Crippen molar-refractivity contribution in [2.45, 2.75) is 32.3 Å². The number of hydrogen-bond donors (Lipinski definition) is 0. The van der Waals surface area contributed by atoms with Crippen LogP contribution in [0.5, 0.6) is 5.75 Å². The molecule has 0 fully saturated rings. The molecule has 0 spiro atoms. The summed E-state index contributed by atoms with van der Waals surface area (Å²) in [6.45, 7) is 7.01. The Morgan fingerprint density at radius 1 is 0.968 bits per heavy atom. The zero-order valence-corrected chi connectivity index (χ0v) is 20.1. The van der Waals surface area contributed by atoms with Crippen LogP contribution < -0.4 is 10.0 Å². The summed E-state index contributed by atoms with van der Waals surface area (Å²) in [7, 11) is 4.06. The standard InChI is InChI=1S/C27H32NO2P/c1-20-11-9-15-23(18-28-4)26(20)31-27(2,3)24-16-10-14-22(25(24)30-19-29-5)17-21-12-7-6-8-13-21/h6-16,18,31H,17,19H2,1-5H3. The van der Waals surface area contributed by atoms with Crippen molar-refractivity contribution in [2.75, 3.05) is 21.0 Å². The number of aliphatic imine (C=N–C) groups is 1. The van der Waals surface area contributed by atoms with Crippen LogP contribution in [0.4, 0.5) is 0 Å². The van der Waals surface area contributed by atoms with Crippen LogP contribution in [-0.4, -0.2) is 27.2 Å². The SMILES string of the molecule is CN=Cc1cccc(C)c1PC(C)(C)c1cccc(Cc2ccccc2)c1OCOC. The summed E-state index contributed by atoms with van der Waals surface area (Å²) in [4.78, 5) is 4.27. The highest BCUT2D eigenvalue weighted by molar-refractivity contribution is 7.48. The van der Waals surface area contributed by atoms with E-state index in [0.717, 1.165) is 12.2 Å². The maximum absolute atomic E-state index is 6.18. The van der Waals surface area contributed by atoms with Crippen molar-refractivity contribution < 1.29 is 9.47 Å². The number of benzene rings is 3. The van der Waals surface area contributed by atoms with Crippen LogP contribution in [0, 0.1) is 6.92 Å². The van der Waals surface area contributed by atoms with E-state index in [1.807, 2.05) is 19.3 Å². The van der Waals surface area contributed by atoms with E-state index in [4.69, 9.17) is 9.47 Å². The zero-order chi connectivity index (χ0) is 22.3. The molecule has 3 aromatic carbocycles. The molecule has 31 heavy (non-hydrogen) atoms. The molecular weight excluding hydrogens is 401 g/mol. The molecule has 162 valence electrons. The molecule has 0 bridgehead atoms. The van der Waals surface area contributed by atoms with Gasteiger partial charge in [-0.25, -0.2) is 0 Å². The van der Waals surface area contributed by atoms with Crippen LogP contribution in [0.15, 0.2) is 71.7 Å². The summed E-state index contributed by atoms with van der Waals surface area (Å²) >= 11 is 0. The van der Waals surface area contributed by atoms with Crippen LogP contribution in [0.3, 0.4) is 0 Å². The van der Waals surface area contributed by atoms with Crippen molar-refractivity contribution in [1.82, 2.24) is 0 Å². The minimum Gasteiger partial charge on any atom is -0.467 e. The first-order valence-corrected chi connectivity index (χ1v) is 11.5. The van der Waals surface area contributed by atoms with Gasteiger partial charge >= 0.3 is 0 Å². The molecule has 0 aliphatic rings. The highest BCUT2D eigenvalue weighted by atomic mass is 31.1. The molecule has 1 atom stereocenters. The molecule has 0 N–H and O–H groups in total. The van der Waals surface area contributed by atoms with Gasteiger partial charge in [0.25, 0.3) is 0 Å². The van der Waals surface area contributed by atoms with Gasteiger partial charge in [0, 0.05) is 37.5 Å². The molecule has 0 saturated heterocycles. The zero-order valence-electron chi connectivity index (χ0n) is 19.1. The Kier molecular flexibility index (Phi) is 8.01. The quantitative estimate of drug-likeness (QED) is 0.241. The second-order valence-electron chi connectivity index (χ2n) is 8.18. The Labute approximate surface area is 188 Å². The molecule has 0 saturated carbocycles. The third kappa shape index (κ3) is 5.81. The first-order chi connectivity index (χ1) is 15.0. The third-order valence-electron chi connectivity index (χ3n) is 5.34. The highest BCUT2D eigenvalue weighted by Crippen LogP contribution is 2.46. The van der Waals surface area contributed by atoms with Crippen LogP contribution in [0.2, 0.25) is 0 Å². The smallest absolute Gasteiger partial charge is 0.188 e. The molecule has 0 aliphatic carbocycles. The van der Waals surface area contributed by atoms with E-state index in [1.54, 1.807) is 7.11 Å². The van der Waals surface area contributed by atoms with Crippen LogP contribution in [-0.2, 0) is 16.3 Å². The van der Waals surface area contributed by atoms with E-state index in [9.17, 15) is 0 Å². The number of ether oxygens (including phenoxy) is 2. The molecule has 0 aromatic heterocycles. The van der Waals surface area contributed by atoms with Crippen molar-refractivity contribution in [3.05, 3.63) is 94.5 Å². The Morgan fingerprint density at radius 2 is 1.71 bits per heavy atom. The topological polar surface area (TPSA) is 30.8 Å². The van der Waals surface area contributed by atoms with Gasteiger partial charge in [0.15, 0.2) is 6.79 Å². The molecule has 1 unspecified atom stereocenters. The van der Waals surface area contributed by atoms with E-state index >= 15 is 0 Å². The molecule has 3 aromatic rings. The normalized spacial score (nSPS) is 12.2. The van der Waals surface area contributed by atoms with Gasteiger partial charge in [-0.15, -0.1) is 0 Å². The van der Waals surface area contributed by atoms with Gasteiger partial charge in [-0.2, -0.15) is 0 Å². The van der Waals surface area contributed by atoms with E-state index in [-0.39, 0.29) is 11.9 Å². The van der Waals surface area contributed by atoms with Crippen molar-refractivity contribution in [2.24, 2.45) is 4.99 Å². The van der Waals surface area contributed by atoms with Crippen molar-refractivity contribution in [1.29, 1.82) is 0 Å². The van der Waals surface area contributed by atoms with E-state index in [0.29, 0.717) is 8.58 Å². The Hall–Kier alpha value is -2.48. The monoisotopic (exact) mass is 433 g/mol. The van der Waals surface area contributed by atoms with Gasteiger partial charge < -0.3 is 9.47 Å². The number of methoxy groups -OCH3 is 1. The predicted octanol–water partition coefficient (Wildman–Crippen LogP) is 5.86. The summed E-state index contributed by atoms with van der Waals surface area (Å²) < 4.78 is 11.4. The predicted molar refractivity (Wildman–Crippen MR) is 134 cm³/mol. The maximum Gasteiger partial charge on any atom is 0.188 e. The fraction of sp³-hybridized carbons (Fsp3) is 0.296. The van der Waals surface area contributed by atoms with Gasteiger partial charge in [0.2, 0.25) is 0 Å². The van der Waals surface area contributed by atoms with Crippen LogP contribution >= 0.6 is 8.58 Å². The molecule has 4 heteroatoms. The lowest BCUT2D eigenvalue weighted by atomic mass is 9.95. The number of rotatable bonds is 9. The summed E-state index contributed by atoms with van der Waals surface area (Å²) in [6, 6.07) is 23.4. The maximum atomic E-state index is 6.18. The lowest BCUT2D eigenvalue weighted by Crippen LogP contribution is -2.20. The first-order valence-electron chi connectivity index (χ1n) is 10.5. The van der Waals surface area contributed by atoms with Gasteiger partial charge in [-0.1, -0.05) is 89.2 Å². The van der Waals surface area contributed by atoms with Gasteiger partial charge in [-0.3, -0.25) is 4.99 Å². The van der Waals surface area contributed by atoms with Crippen LogP contribution in [0.1, 0.15) is 41.7 Å². The van der Waals surface area contributed by atoms with Gasteiger partial charge in [0.05, 0.1) is 0 Å². The van der Waals surface area contributed by atoms with E-state index in [1.165, 1.54) is 33.1 Å². The number of hydrogen-bond acceptors (Lipinski definition) is 3. The van der Waals surface area contributed by atoms with E-state index in [2.05, 4.69) is 86.4 Å². The molecular formula is C27H32NO2P. The molecule has 0 heterocycles. The molecule has 0 aliphatic heterocycles. The van der Waals surface area contributed by atoms with E-state index < -0.39 is 0 Å². The minimum absolute atomic E-state index is 0.113. The molecule has 3 rings (SSSR count). The van der Waals surface area contributed by atoms with Crippen molar-refractivity contribution in [3.63, 3.8) is 0 Å². The second-order valence-corrected chi connectivity index (χ2v) is 10.2. The second kappa shape index (κ2) is 10.7. The number of para-hydroxylation sites is 1. The first kappa shape index (κ1) is 23.2. The fourth-order valence-electron chi connectivity index (χ4n) is 3.81. The molecule has 0 amide bonds. The Morgan fingerprint density at radius 3 is 2.42 bits per heavy atom. The Balaban J connectivity index is 2.03. The lowest BCUT2D eigenvalue weighted by Gasteiger charge is -2.30. The number of aryl methyl sites for hydroxylation is 1. The summed E-state index contributed by atoms with van der Waals surface area (Å²) in [5.41, 5.74) is 6.14. The van der Waals surface area contributed by atoms with Crippen LogP contribution in [0.25, 0.3) is 0 Å². The number of nitrogens with zero attached hydrogens (tertiary/aromatic N) is 1. The molecule has 0 radical (unpaired) electrons. The average Bonchev–Trinajstić information content (AvgIpc) is 2.76. The van der Waals surface area contributed by atoms with Gasteiger partial charge in [-0.05, 0) is 34.5 Å². The lowest BCUT2D eigenvalue weighted by molar-refractivity contribution is 0.0495. The molecule has 3 nitrogen and oxygen atoms in total. The largest absolute Gasteiger partial charge is 0.467 e. The fourth-order valence-corrected chi connectivity index (χ4v) is 5.34. The third-order valence-corrected chi connectivity index (χ3v) is 7.17.